The van der Waals surface area contributed by atoms with Crippen LogP contribution in [0.4, 0.5) is 8.78 Å². The number of carbonyl (C=O) groups excluding carboxylic acids is 1. The van der Waals surface area contributed by atoms with Gasteiger partial charge >= 0.3 is 0 Å². The van der Waals surface area contributed by atoms with Crippen LogP contribution in [0.25, 0.3) is 10.2 Å². The molecule has 1 amide bonds. The minimum absolute atomic E-state index is 0.136. The lowest BCUT2D eigenvalue weighted by atomic mass is 9.90. The lowest BCUT2D eigenvalue weighted by Gasteiger charge is -2.32. The topological polar surface area (TPSA) is 33.2 Å². The molecular formula is C19H16F2N2OS. The van der Waals surface area contributed by atoms with E-state index in [1.165, 1.54) is 17.4 Å². The fraction of sp³-hybridized carbons (Fsp3) is 0.263. The van der Waals surface area contributed by atoms with Crippen molar-refractivity contribution in [1.82, 2.24) is 9.88 Å². The van der Waals surface area contributed by atoms with Crippen molar-refractivity contribution in [2.24, 2.45) is 0 Å². The zero-order chi connectivity index (χ0) is 17.4. The van der Waals surface area contributed by atoms with Crippen LogP contribution in [0, 0.1) is 11.6 Å². The van der Waals surface area contributed by atoms with Crippen LogP contribution in [-0.4, -0.2) is 28.9 Å². The number of hydrogen-bond acceptors (Lipinski definition) is 3. The zero-order valence-corrected chi connectivity index (χ0v) is 14.2. The van der Waals surface area contributed by atoms with Gasteiger partial charge in [-0.05, 0) is 48.7 Å². The van der Waals surface area contributed by atoms with Crippen LogP contribution in [0.15, 0.2) is 42.5 Å². The number of para-hydroxylation sites is 1. The Balaban J connectivity index is 1.58. The normalized spacial score (nSPS) is 17.8. The highest BCUT2D eigenvalue weighted by atomic mass is 32.1. The van der Waals surface area contributed by atoms with Crippen molar-refractivity contribution in [1.29, 1.82) is 0 Å². The maximum atomic E-state index is 14.1. The van der Waals surface area contributed by atoms with Crippen molar-refractivity contribution in [2.75, 3.05) is 13.1 Å². The SMILES string of the molecule is O=C(c1nc2ccccc2s1)N1CCC[C@H](c2cc(F)ccc2F)C1. The fourth-order valence-corrected chi connectivity index (χ4v) is 4.28. The van der Waals surface area contributed by atoms with Crippen LogP contribution in [0.3, 0.4) is 0 Å². The second kappa shape index (κ2) is 6.52. The molecule has 0 saturated carbocycles. The van der Waals surface area contributed by atoms with Crippen molar-refractivity contribution in [2.45, 2.75) is 18.8 Å². The van der Waals surface area contributed by atoms with Gasteiger partial charge in [-0.3, -0.25) is 4.79 Å². The van der Waals surface area contributed by atoms with Gasteiger partial charge in [0.15, 0.2) is 5.01 Å². The third-order valence-corrected chi connectivity index (χ3v) is 5.61. The highest BCUT2D eigenvalue weighted by molar-refractivity contribution is 7.20. The van der Waals surface area contributed by atoms with Gasteiger partial charge in [-0.2, -0.15) is 0 Å². The standard InChI is InChI=1S/C19H16F2N2OS/c20-13-7-8-15(21)14(10-13)12-4-3-9-23(11-12)19(24)18-22-16-5-1-2-6-17(16)25-18/h1-2,5-8,10,12H,3-4,9,11H2/t12-/m0/s1. The van der Waals surface area contributed by atoms with Gasteiger partial charge in [-0.1, -0.05) is 12.1 Å². The minimum atomic E-state index is -0.453. The van der Waals surface area contributed by atoms with Crippen LogP contribution in [0.5, 0.6) is 0 Å². The summed E-state index contributed by atoms with van der Waals surface area (Å²) in [5, 5.41) is 0.446. The smallest absolute Gasteiger partial charge is 0.282 e. The van der Waals surface area contributed by atoms with E-state index in [0.717, 1.165) is 35.2 Å². The van der Waals surface area contributed by atoms with Crippen LogP contribution in [-0.2, 0) is 0 Å². The molecular weight excluding hydrogens is 342 g/mol. The first kappa shape index (κ1) is 16.1. The molecule has 4 rings (SSSR count). The third kappa shape index (κ3) is 3.14. The molecule has 128 valence electrons. The van der Waals surface area contributed by atoms with E-state index in [2.05, 4.69) is 4.98 Å². The number of nitrogens with zero attached hydrogens (tertiary/aromatic N) is 2. The lowest BCUT2D eigenvalue weighted by Crippen LogP contribution is -2.39. The average molecular weight is 358 g/mol. The number of halogens is 2. The Morgan fingerprint density at radius 3 is 2.88 bits per heavy atom. The molecule has 0 spiro atoms. The maximum absolute atomic E-state index is 14.1. The Kier molecular flexibility index (Phi) is 4.21. The predicted octanol–water partition coefficient (Wildman–Crippen LogP) is 4.59. The molecule has 1 aliphatic heterocycles. The van der Waals surface area contributed by atoms with Crippen molar-refractivity contribution in [3.8, 4) is 0 Å². The van der Waals surface area contributed by atoms with Crippen LogP contribution in [0.1, 0.15) is 34.1 Å². The Morgan fingerprint density at radius 2 is 2.04 bits per heavy atom. The number of fused-ring (bicyclic) bond motifs is 1. The van der Waals surface area contributed by atoms with Gasteiger partial charge in [-0.25, -0.2) is 13.8 Å². The zero-order valence-electron chi connectivity index (χ0n) is 13.4. The Bertz CT molecular complexity index is 907. The molecule has 0 aliphatic carbocycles. The maximum Gasteiger partial charge on any atom is 0.282 e. The summed E-state index contributed by atoms with van der Waals surface area (Å²) in [4.78, 5) is 18.9. The summed E-state index contributed by atoms with van der Waals surface area (Å²) in [6, 6.07) is 11.1. The molecule has 25 heavy (non-hydrogen) atoms. The van der Waals surface area contributed by atoms with Gasteiger partial charge in [0, 0.05) is 19.0 Å². The summed E-state index contributed by atoms with van der Waals surface area (Å²) < 4.78 is 28.5. The molecule has 0 N–H and O–H groups in total. The highest BCUT2D eigenvalue weighted by Gasteiger charge is 2.28. The second-order valence-electron chi connectivity index (χ2n) is 6.24. The van der Waals surface area contributed by atoms with Gasteiger partial charge in [-0.15, -0.1) is 11.3 Å². The summed E-state index contributed by atoms with van der Waals surface area (Å²) in [6.45, 7) is 0.997. The molecule has 3 nitrogen and oxygen atoms in total. The van der Waals surface area contributed by atoms with E-state index < -0.39 is 11.6 Å². The molecule has 6 heteroatoms. The summed E-state index contributed by atoms with van der Waals surface area (Å²) in [5.41, 5.74) is 1.15. The first-order chi connectivity index (χ1) is 12.1. The predicted molar refractivity (Wildman–Crippen MR) is 93.9 cm³/mol. The Labute approximate surface area is 147 Å². The van der Waals surface area contributed by atoms with E-state index in [1.54, 1.807) is 4.90 Å². The Morgan fingerprint density at radius 1 is 1.20 bits per heavy atom. The first-order valence-electron chi connectivity index (χ1n) is 8.21. The number of benzene rings is 2. The van der Waals surface area contributed by atoms with E-state index in [4.69, 9.17) is 0 Å². The van der Waals surface area contributed by atoms with E-state index >= 15 is 0 Å². The monoisotopic (exact) mass is 358 g/mol. The molecule has 0 radical (unpaired) electrons. The number of likely N-dealkylation sites (tertiary alicyclic amines) is 1. The summed E-state index contributed by atoms with van der Waals surface area (Å²) in [7, 11) is 0. The highest BCUT2D eigenvalue weighted by Crippen LogP contribution is 2.31. The lowest BCUT2D eigenvalue weighted by molar-refractivity contribution is 0.0705. The quantitative estimate of drug-likeness (QED) is 0.671. The van der Waals surface area contributed by atoms with E-state index in [9.17, 15) is 13.6 Å². The van der Waals surface area contributed by atoms with Gasteiger partial charge < -0.3 is 4.90 Å². The third-order valence-electron chi connectivity index (χ3n) is 4.58. The second-order valence-corrected chi connectivity index (χ2v) is 7.27. The van der Waals surface area contributed by atoms with Crippen LogP contribution in [0.2, 0.25) is 0 Å². The molecule has 0 bridgehead atoms. The molecule has 3 aromatic rings. The molecule has 2 heterocycles. The van der Waals surface area contributed by atoms with E-state index in [0.29, 0.717) is 23.7 Å². The summed E-state index contributed by atoms with van der Waals surface area (Å²) in [5.74, 6) is -1.20. The largest absolute Gasteiger partial charge is 0.336 e. The molecule has 1 fully saturated rings. The van der Waals surface area contributed by atoms with Crippen molar-refractivity contribution >= 4 is 27.5 Å². The van der Waals surface area contributed by atoms with Crippen LogP contribution >= 0.6 is 11.3 Å². The number of amides is 1. The average Bonchev–Trinajstić information content (AvgIpc) is 3.07. The number of aromatic nitrogens is 1. The van der Waals surface area contributed by atoms with E-state index in [1.807, 2.05) is 24.3 Å². The molecule has 1 saturated heterocycles. The number of thiazole rings is 1. The summed E-state index contributed by atoms with van der Waals surface area (Å²) in [6.07, 6.45) is 1.50. The molecule has 1 aliphatic rings. The number of hydrogen-bond donors (Lipinski definition) is 0. The van der Waals surface area contributed by atoms with Gasteiger partial charge in [0.25, 0.3) is 5.91 Å². The molecule has 1 aromatic heterocycles. The van der Waals surface area contributed by atoms with Gasteiger partial charge in [0.05, 0.1) is 10.2 Å². The van der Waals surface area contributed by atoms with Gasteiger partial charge in [0.2, 0.25) is 0 Å². The van der Waals surface area contributed by atoms with Gasteiger partial charge in [0.1, 0.15) is 11.6 Å². The van der Waals surface area contributed by atoms with Crippen LogP contribution < -0.4 is 0 Å². The molecule has 1 atom stereocenters. The summed E-state index contributed by atoms with van der Waals surface area (Å²) >= 11 is 1.37. The van der Waals surface area contributed by atoms with Crippen molar-refractivity contribution < 1.29 is 13.6 Å². The van der Waals surface area contributed by atoms with E-state index in [-0.39, 0.29) is 11.8 Å². The first-order valence-corrected chi connectivity index (χ1v) is 9.03. The minimum Gasteiger partial charge on any atom is -0.336 e. The molecule has 2 aromatic carbocycles. The molecule has 0 unspecified atom stereocenters. The number of rotatable bonds is 2. The Hall–Kier alpha value is -2.34. The van der Waals surface area contributed by atoms with Crippen molar-refractivity contribution in [3.63, 3.8) is 0 Å². The fourth-order valence-electron chi connectivity index (χ4n) is 3.34. The van der Waals surface area contributed by atoms with Crippen molar-refractivity contribution in [3.05, 3.63) is 64.7 Å². The number of carbonyl (C=O) groups is 1. The number of piperidine rings is 1.